The summed E-state index contributed by atoms with van der Waals surface area (Å²) in [5.74, 6) is -0.261. The highest BCUT2D eigenvalue weighted by Crippen LogP contribution is 2.28. The van der Waals surface area contributed by atoms with Gasteiger partial charge in [-0.15, -0.1) is 0 Å². The van der Waals surface area contributed by atoms with Crippen LogP contribution in [0, 0.1) is 0 Å². The Bertz CT molecular complexity index is 692. The van der Waals surface area contributed by atoms with E-state index in [-0.39, 0.29) is 24.1 Å². The van der Waals surface area contributed by atoms with Crippen LogP contribution in [0.2, 0.25) is 0 Å². The summed E-state index contributed by atoms with van der Waals surface area (Å²) in [6.07, 6.45) is 0.298. The van der Waals surface area contributed by atoms with Gasteiger partial charge in [-0.05, 0) is 29.7 Å². The second-order valence-electron chi connectivity index (χ2n) is 5.19. The number of para-hydroxylation sites is 1. The Morgan fingerprint density at radius 1 is 1.26 bits per heavy atom. The molecule has 2 N–H and O–H groups in total. The molecule has 0 aliphatic heterocycles. The molecule has 0 aliphatic rings. The lowest BCUT2D eigenvalue weighted by molar-refractivity contribution is -0.121. The van der Waals surface area contributed by atoms with Gasteiger partial charge < -0.3 is 19.6 Å². The fourth-order valence-electron chi connectivity index (χ4n) is 2.31. The Morgan fingerprint density at radius 2 is 2.00 bits per heavy atom. The number of ether oxygens (including phenoxy) is 1. The van der Waals surface area contributed by atoms with Crippen molar-refractivity contribution in [3.8, 4) is 5.75 Å². The number of carboxylic acids is 1. The van der Waals surface area contributed by atoms with E-state index in [0.29, 0.717) is 12.2 Å². The van der Waals surface area contributed by atoms with Crippen LogP contribution in [-0.4, -0.2) is 24.1 Å². The maximum atomic E-state index is 12.0. The number of carbonyl (C=O) groups excluding carboxylic acids is 1. The second kappa shape index (κ2) is 7.49. The summed E-state index contributed by atoms with van der Waals surface area (Å²) in [4.78, 5) is 22.8. The van der Waals surface area contributed by atoms with Crippen LogP contribution in [-0.2, 0) is 11.3 Å². The van der Waals surface area contributed by atoms with Gasteiger partial charge in [0.1, 0.15) is 11.5 Å². The van der Waals surface area contributed by atoms with Crippen LogP contribution >= 0.6 is 0 Å². The molecular formula is C17H19NO5. The summed E-state index contributed by atoms with van der Waals surface area (Å²) in [6.45, 7) is 2.11. The van der Waals surface area contributed by atoms with Crippen molar-refractivity contribution >= 4 is 11.9 Å². The van der Waals surface area contributed by atoms with Crippen LogP contribution in [0.1, 0.15) is 41.1 Å². The van der Waals surface area contributed by atoms with Gasteiger partial charge >= 0.3 is 5.97 Å². The molecule has 1 atom stereocenters. The number of carboxylic acid groups (broad SMARTS) is 1. The molecule has 1 amide bonds. The van der Waals surface area contributed by atoms with E-state index < -0.39 is 5.97 Å². The van der Waals surface area contributed by atoms with Crippen molar-refractivity contribution in [3.05, 3.63) is 53.5 Å². The number of aromatic carboxylic acids is 1. The fraction of sp³-hybridized carbons (Fsp3) is 0.294. The number of methoxy groups -OCH3 is 1. The van der Waals surface area contributed by atoms with Crippen LogP contribution in [0.5, 0.6) is 5.75 Å². The number of nitrogens with one attached hydrogen (secondary N) is 1. The van der Waals surface area contributed by atoms with Crippen molar-refractivity contribution in [1.29, 1.82) is 0 Å². The molecule has 6 nitrogen and oxygen atoms in total. The van der Waals surface area contributed by atoms with Gasteiger partial charge in [0, 0.05) is 6.42 Å². The third-order valence-electron chi connectivity index (χ3n) is 3.49. The number of amides is 1. The highest BCUT2D eigenvalue weighted by molar-refractivity contribution is 5.84. The predicted octanol–water partition coefficient (Wildman–Crippen LogP) is 2.80. The molecule has 1 aromatic heterocycles. The molecule has 0 saturated carbocycles. The molecule has 0 bridgehead atoms. The van der Waals surface area contributed by atoms with E-state index in [4.69, 9.17) is 14.3 Å². The van der Waals surface area contributed by atoms with Crippen molar-refractivity contribution in [3.63, 3.8) is 0 Å². The van der Waals surface area contributed by atoms with Gasteiger partial charge in [0.25, 0.3) is 0 Å². The van der Waals surface area contributed by atoms with E-state index in [1.807, 2.05) is 31.2 Å². The molecule has 6 heteroatoms. The molecule has 23 heavy (non-hydrogen) atoms. The van der Waals surface area contributed by atoms with Crippen LogP contribution in [0.4, 0.5) is 0 Å². The zero-order valence-electron chi connectivity index (χ0n) is 13.0. The van der Waals surface area contributed by atoms with E-state index in [2.05, 4.69) is 5.32 Å². The van der Waals surface area contributed by atoms with Crippen molar-refractivity contribution in [1.82, 2.24) is 5.32 Å². The average molecular weight is 317 g/mol. The smallest absolute Gasteiger partial charge is 0.371 e. The lowest BCUT2D eigenvalue weighted by Crippen LogP contribution is -2.24. The number of hydrogen-bond donors (Lipinski definition) is 2. The maximum Gasteiger partial charge on any atom is 0.371 e. The van der Waals surface area contributed by atoms with E-state index in [0.717, 1.165) is 11.3 Å². The second-order valence-corrected chi connectivity index (χ2v) is 5.19. The third-order valence-corrected chi connectivity index (χ3v) is 3.49. The van der Waals surface area contributed by atoms with Crippen molar-refractivity contribution in [2.45, 2.75) is 25.8 Å². The number of furan rings is 1. The minimum absolute atomic E-state index is 0.00247. The summed E-state index contributed by atoms with van der Waals surface area (Å²) in [7, 11) is 1.60. The molecule has 122 valence electrons. The molecule has 0 saturated heterocycles. The fourth-order valence-corrected chi connectivity index (χ4v) is 2.31. The molecule has 1 unspecified atom stereocenters. The van der Waals surface area contributed by atoms with Crippen LogP contribution in [0.25, 0.3) is 0 Å². The topological polar surface area (TPSA) is 88.8 Å². The molecular weight excluding hydrogens is 298 g/mol. The predicted molar refractivity (Wildman–Crippen MR) is 83.5 cm³/mol. The normalized spacial score (nSPS) is 11.7. The molecule has 0 aliphatic carbocycles. The Hall–Kier alpha value is -2.76. The van der Waals surface area contributed by atoms with Gasteiger partial charge in [-0.1, -0.05) is 25.1 Å². The summed E-state index contributed by atoms with van der Waals surface area (Å²) in [6, 6.07) is 10.5. The average Bonchev–Trinajstić information content (AvgIpc) is 3.02. The lowest BCUT2D eigenvalue weighted by Gasteiger charge is -2.15. The van der Waals surface area contributed by atoms with Crippen LogP contribution in [0.15, 0.2) is 40.8 Å². The largest absolute Gasteiger partial charge is 0.496 e. The Balaban J connectivity index is 1.90. The molecule has 1 aromatic carbocycles. The standard InChI is InChI=1S/C17H19NO5/c1-11(13-5-3-4-6-14(13)22-2)9-16(19)18-10-12-7-8-15(23-12)17(20)21/h3-8,11H,9-10H2,1-2H3,(H,18,19)(H,20,21). The lowest BCUT2D eigenvalue weighted by atomic mass is 9.96. The van der Waals surface area contributed by atoms with Crippen molar-refractivity contribution < 1.29 is 23.8 Å². The third kappa shape index (κ3) is 4.35. The molecule has 0 fully saturated rings. The van der Waals surface area contributed by atoms with E-state index in [9.17, 15) is 9.59 Å². The number of benzene rings is 1. The van der Waals surface area contributed by atoms with Gasteiger partial charge in [0.15, 0.2) is 0 Å². The van der Waals surface area contributed by atoms with Crippen molar-refractivity contribution in [2.24, 2.45) is 0 Å². The monoisotopic (exact) mass is 317 g/mol. The number of rotatable bonds is 7. The highest BCUT2D eigenvalue weighted by atomic mass is 16.5. The molecule has 1 heterocycles. The number of carbonyl (C=O) groups is 2. The molecule has 2 aromatic rings. The zero-order valence-corrected chi connectivity index (χ0v) is 13.0. The summed E-state index contributed by atoms with van der Waals surface area (Å²) < 4.78 is 10.4. The summed E-state index contributed by atoms with van der Waals surface area (Å²) in [5, 5.41) is 11.5. The van der Waals surface area contributed by atoms with Gasteiger partial charge in [-0.2, -0.15) is 0 Å². The first-order valence-electron chi connectivity index (χ1n) is 7.23. The summed E-state index contributed by atoms with van der Waals surface area (Å²) >= 11 is 0. The number of hydrogen-bond acceptors (Lipinski definition) is 4. The molecule has 2 rings (SSSR count). The Labute approximate surface area is 134 Å². The highest BCUT2D eigenvalue weighted by Gasteiger charge is 2.15. The Morgan fingerprint density at radius 3 is 2.65 bits per heavy atom. The first-order valence-corrected chi connectivity index (χ1v) is 7.23. The van der Waals surface area contributed by atoms with Gasteiger partial charge in [-0.3, -0.25) is 4.79 Å². The first kappa shape index (κ1) is 16.6. The Kier molecular flexibility index (Phi) is 5.41. The van der Waals surface area contributed by atoms with E-state index in [1.165, 1.54) is 12.1 Å². The minimum Gasteiger partial charge on any atom is -0.496 e. The van der Waals surface area contributed by atoms with Gasteiger partial charge in [-0.25, -0.2) is 4.79 Å². The van der Waals surface area contributed by atoms with E-state index in [1.54, 1.807) is 7.11 Å². The summed E-state index contributed by atoms with van der Waals surface area (Å²) in [5.41, 5.74) is 0.969. The SMILES string of the molecule is COc1ccccc1C(C)CC(=O)NCc1ccc(C(=O)O)o1. The first-order chi connectivity index (χ1) is 11.0. The maximum absolute atomic E-state index is 12.0. The van der Waals surface area contributed by atoms with E-state index >= 15 is 0 Å². The molecule has 0 spiro atoms. The molecule has 0 radical (unpaired) electrons. The zero-order chi connectivity index (χ0) is 16.8. The van der Waals surface area contributed by atoms with Gasteiger partial charge in [0.2, 0.25) is 11.7 Å². The minimum atomic E-state index is -1.13. The quantitative estimate of drug-likeness (QED) is 0.819. The van der Waals surface area contributed by atoms with Gasteiger partial charge in [0.05, 0.1) is 13.7 Å². The van der Waals surface area contributed by atoms with Crippen LogP contribution in [0.3, 0.4) is 0 Å². The van der Waals surface area contributed by atoms with Crippen LogP contribution < -0.4 is 10.1 Å². The van der Waals surface area contributed by atoms with Crippen molar-refractivity contribution in [2.75, 3.05) is 7.11 Å².